The molecule has 0 saturated carbocycles. The highest BCUT2D eigenvalue weighted by molar-refractivity contribution is 9.10. The Morgan fingerprint density at radius 1 is 1.21 bits per heavy atom. The fourth-order valence-corrected chi connectivity index (χ4v) is 4.55. The van der Waals surface area contributed by atoms with Gasteiger partial charge in [0.25, 0.3) is 5.22 Å². The van der Waals surface area contributed by atoms with Gasteiger partial charge in [0.15, 0.2) is 0 Å². The van der Waals surface area contributed by atoms with E-state index in [0.717, 1.165) is 29.3 Å². The quantitative estimate of drug-likeness (QED) is 0.534. The van der Waals surface area contributed by atoms with Crippen LogP contribution >= 0.6 is 27.7 Å². The molecule has 0 aliphatic heterocycles. The monoisotopic (exact) mass is 457 g/mol. The Morgan fingerprint density at radius 2 is 2.00 bits per heavy atom. The highest BCUT2D eigenvalue weighted by atomic mass is 79.9. The minimum absolute atomic E-state index is 0.0210. The number of nitrogens with zero attached hydrogens (tertiary/aromatic N) is 2. The molecule has 0 saturated heterocycles. The van der Waals surface area contributed by atoms with Crippen molar-refractivity contribution in [2.45, 2.75) is 42.7 Å². The molecule has 7 heteroatoms. The van der Waals surface area contributed by atoms with Crippen LogP contribution in [0, 0.1) is 0 Å². The first-order valence-electron chi connectivity index (χ1n) is 9.25. The van der Waals surface area contributed by atoms with Crippen molar-refractivity contribution in [3.8, 4) is 11.5 Å². The van der Waals surface area contributed by atoms with E-state index in [1.54, 1.807) is 0 Å². The van der Waals surface area contributed by atoms with Gasteiger partial charge < -0.3 is 9.73 Å². The van der Waals surface area contributed by atoms with Gasteiger partial charge in [0.1, 0.15) is 0 Å². The summed E-state index contributed by atoms with van der Waals surface area (Å²) in [4.78, 5) is 12.7. The Balaban J connectivity index is 1.41. The Kier molecular flexibility index (Phi) is 5.82. The molecule has 1 heterocycles. The van der Waals surface area contributed by atoms with Gasteiger partial charge in [-0.15, -0.1) is 10.2 Å². The lowest BCUT2D eigenvalue weighted by Crippen LogP contribution is -2.35. The number of aromatic nitrogens is 2. The lowest BCUT2D eigenvalue weighted by molar-refractivity contribution is -0.121. The normalized spacial score (nSPS) is 17.0. The van der Waals surface area contributed by atoms with E-state index in [1.165, 1.54) is 22.9 Å². The van der Waals surface area contributed by atoms with Crippen LogP contribution < -0.4 is 5.32 Å². The highest BCUT2D eigenvalue weighted by Crippen LogP contribution is 2.32. The molecule has 1 aliphatic rings. The number of carbonyl (C=O) groups is 1. The third kappa shape index (κ3) is 4.15. The van der Waals surface area contributed by atoms with E-state index in [4.69, 9.17) is 4.42 Å². The van der Waals surface area contributed by atoms with Crippen LogP contribution in [-0.4, -0.2) is 21.4 Å². The Hall–Kier alpha value is -2.12. The zero-order chi connectivity index (χ0) is 19.5. The van der Waals surface area contributed by atoms with Crippen molar-refractivity contribution in [2.24, 2.45) is 0 Å². The fourth-order valence-electron chi connectivity index (χ4n) is 3.40. The van der Waals surface area contributed by atoms with E-state index in [0.29, 0.717) is 11.1 Å². The molecule has 2 aromatic carbocycles. The summed E-state index contributed by atoms with van der Waals surface area (Å²) in [6.07, 6.45) is 3.13. The van der Waals surface area contributed by atoms with Crippen LogP contribution in [0.25, 0.3) is 11.5 Å². The number of rotatable bonds is 5. The molecule has 2 atom stereocenters. The zero-order valence-electron chi connectivity index (χ0n) is 15.4. The second-order valence-corrected chi connectivity index (χ2v) is 8.91. The second kappa shape index (κ2) is 8.49. The molecule has 0 spiro atoms. The number of carbonyl (C=O) groups excluding carboxylic acids is 1. The lowest BCUT2D eigenvalue weighted by atomic mass is 9.88. The molecular weight excluding hydrogens is 438 g/mol. The molecule has 1 N–H and O–H groups in total. The van der Waals surface area contributed by atoms with E-state index in [1.807, 2.05) is 37.3 Å². The Morgan fingerprint density at radius 3 is 2.86 bits per heavy atom. The van der Waals surface area contributed by atoms with Crippen molar-refractivity contribution in [2.75, 3.05) is 0 Å². The van der Waals surface area contributed by atoms with Crippen LogP contribution in [0.4, 0.5) is 0 Å². The molecule has 1 amide bonds. The molecule has 0 bridgehead atoms. The summed E-state index contributed by atoms with van der Waals surface area (Å²) >= 11 is 4.76. The molecule has 3 aromatic rings. The van der Waals surface area contributed by atoms with Crippen molar-refractivity contribution in [3.05, 3.63) is 64.1 Å². The number of thioether (sulfide) groups is 1. The number of hydrogen-bond acceptors (Lipinski definition) is 5. The van der Waals surface area contributed by atoms with Gasteiger partial charge >= 0.3 is 0 Å². The Labute approximate surface area is 176 Å². The predicted molar refractivity (Wildman–Crippen MR) is 113 cm³/mol. The van der Waals surface area contributed by atoms with Gasteiger partial charge in [0, 0.05) is 4.47 Å². The summed E-state index contributed by atoms with van der Waals surface area (Å²) in [5.74, 6) is 0.413. The molecule has 28 heavy (non-hydrogen) atoms. The molecule has 0 fully saturated rings. The molecule has 144 valence electrons. The molecule has 4 rings (SSSR count). The van der Waals surface area contributed by atoms with Crippen LogP contribution in [0.3, 0.4) is 0 Å². The van der Waals surface area contributed by atoms with Crippen molar-refractivity contribution in [1.82, 2.24) is 15.5 Å². The summed E-state index contributed by atoms with van der Waals surface area (Å²) < 4.78 is 6.63. The van der Waals surface area contributed by atoms with Gasteiger partial charge in [-0.2, -0.15) is 0 Å². The molecule has 1 aromatic heterocycles. The first-order valence-corrected chi connectivity index (χ1v) is 10.9. The molecule has 0 unspecified atom stereocenters. The fraction of sp³-hybridized carbons (Fsp3) is 0.286. The maximum Gasteiger partial charge on any atom is 0.277 e. The first-order chi connectivity index (χ1) is 13.6. The first kappa shape index (κ1) is 19.2. The SMILES string of the molecule is C[C@H](Sc1nnc(-c2ccccc2Br)o1)C(=O)N[C@H]1CCCc2ccccc21. The summed E-state index contributed by atoms with van der Waals surface area (Å²) in [7, 11) is 0. The van der Waals surface area contributed by atoms with Crippen molar-refractivity contribution in [1.29, 1.82) is 0 Å². The van der Waals surface area contributed by atoms with E-state index >= 15 is 0 Å². The third-order valence-electron chi connectivity index (χ3n) is 4.84. The minimum Gasteiger partial charge on any atom is -0.411 e. The Bertz CT molecular complexity index is 991. The number of halogens is 1. The van der Waals surface area contributed by atoms with Gasteiger partial charge in [-0.1, -0.05) is 48.2 Å². The predicted octanol–water partition coefficient (Wildman–Crippen LogP) is 5.17. The van der Waals surface area contributed by atoms with Gasteiger partial charge in [0.2, 0.25) is 11.8 Å². The lowest BCUT2D eigenvalue weighted by Gasteiger charge is -2.27. The van der Waals surface area contributed by atoms with Crippen LogP contribution in [0.1, 0.15) is 36.9 Å². The average molecular weight is 458 g/mol. The molecule has 1 aliphatic carbocycles. The summed E-state index contributed by atoms with van der Waals surface area (Å²) in [5.41, 5.74) is 3.39. The van der Waals surface area contributed by atoms with Gasteiger partial charge in [-0.25, -0.2) is 0 Å². The van der Waals surface area contributed by atoms with Gasteiger partial charge in [-0.05, 0) is 65.4 Å². The third-order valence-corrected chi connectivity index (χ3v) is 6.47. The van der Waals surface area contributed by atoms with Crippen molar-refractivity contribution < 1.29 is 9.21 Å². The largest absolute Gasteiger partial charge is 0.411 e. The van der Waals surface area contributed by atoms with Crippen LogP contribution in [0.15, 0.2) is 62.6 Å². The van der Waals surface area contributed by atoms with E-state index in [9.17, 15) is 4.79 Å². The topological polar surface area (TPSA) is 68.0 Å². The van der Waals surface area contributed by atoms with E-state index < -0.39 is 0 Å². The van der Waals surface area contributed by atoms with Crippen molar-refractivity contribution in [3.63, 3.8) is 0 Å². The number of amides is 1. The summed E-state index contributed by atoms with van der Waals surface area (Å²) in [5, 5.41) is 11.4. The van der Waals surface area contributed by atoms with Crippen molar-refractivity contribution >= 4 is 33.6 Å². The van der Waals surface area contributed by atoms with Gasteiger partial charge in [-0.3, -0.25) is 4.79 Å². The summed E-state index contributed by atoms with van der Waals surface area (Å²) in [6.45, 7) is 1.86. The van der Waals surface area contributed by atoms with Gasteiger partial charge in [0.05, 0.1) is 16.9 Å². The maximum absolute atomic E-state index is 12.7. The van der Waals surface area contributed by atoms with E-state index in [2.05, 4.69) is 49.6 Å². The number of hydrogen-bond donors (Lipinski definition) is 1. The number of fused-ring (bicyclic) bond motifs is 1. The maximum atomic E-state index is 12.7. The number of nitrogens with one attached hydrogen (secondary N) is 1. The summed E-state index contributed by atoms with van der Waals surface area (Å²) in [6, 6.07) is 16.1. The van der Waals surface area contributed by atoms with E-state index in [-0.39, 0.29) is 17.2 Å². The number of aryl methyl sites for hydroxylation is 1. The molecular formula is C21H20BrN3O2S. The number of benzene rings is 2. The minimum atomic E-state index is -0.332. The smallest absolute Gasteiger partial charge is 0.277 e. The van der Waals surface area contributed by atoms with Crippen LogP contribution in [0.5, 0.6) is 0 Å². The van der Waals surface area contributed by atoms with Crippen LogP contribution in [0.2, 0.25) is 0 Å². The standard InChI is InChI=1S/C21H20BrN3O2S/c1-13(19(26)23-18-12-6-8-14-7-2-3-9-15(14)18)28-21-25-24-20(27-21)16-10-4-5-11-17(16)22/h2-5,7,9-11,13,18H,6,8,12H2,1H3,(H,23,26)/t13-,18-/m0/s1. The second-order valence-electron chi connectivity index (χ2n) is 6.77. The molecule has 5 nitrogen and oxygen atoms in total. The van der Waals surface area contributed by atoms with Crippen LogP contribution in [-0.2, 0) is 11.2 Å². The zero-order valence-corrected chi connectivity index (χ0v) is 17.8. The highest BCUT2D eigenvalue weighted by Gasteiger charge is 2.25. The molecule has 0 radical (unpaired) electrons. The average Bonchev–Trinajstić information content (AvgIpc) is 3.16.